The predicted octanol–water partition coefficient (Wildman–Crippen LogP) is -1.50. The van der Waals surface area contributed by atoms with Crippen molar-refractivity contribution in [3.8, 4) is 0 Å². The average molecular weight is 175 g/mol. The van der Waals surface area contributed by atoms with E-state index in [0.29, 0.717) is 0 Å². The number of aliphatic hydroxyl groups excluding tert-OH is 2. The highest BCUT2D eigenvalue weighted by Gasteiger charge is 2.35. The summed E-state index contributed by atoms with van der Waals surface area (Å²) >= 11 is 0. The Morgan fingerprint density at radius 3 is 2.50 bits per heavy atom. The number of β-amino-alcohol motifs (C(OH)–C–C–N with tert-alkyl or cyclic N) is 1. The molecule has 5 heteroatoms. The maximum atomic E-state index is 10.6. The molecular weight excluding hydrogens is 162 g/mol. The van der Waals surface area contributed by atoms with E-state index in [9.17, 15) is 9.90 Å². The van der Waals surface area contributed by atoms with Crippen LogP contribution in [0.15, 0.2) is 0 Å². The fraction of sp³-hybridized carbons (Fsp3) is 0.857. The van der Waals surface area contributed by atoms with Gasteiger partial charge in [0, 0.05) is 13.0 Å². The summed E-state index contributed by atoms with van der Waals surface area (Å²) in [7, 11) is 1.62. The first-order chi connectivity index (χ1) is 5.52. The zero-order valence-corrected chi connectivity index (χ0v) is 6.84. The first-order valence-electron chi connectivity index (χ1n) is 3.81. The van der Waals surface area contributed by atoms with Crippen LogP contribution in [0.2, 0.25) is 0 Å². The molecule has 0 aromatic rings. The molecule has 0 bridgehead atoms. The summed E-state index contributed by atoms with van der Waals surface area (Å²) < 4.78 is 0. The zero-order chi connectivity index (χ0) is 9.30. The number of carboxylic acid groups (broad SMARTS) is 1. The Balaban J connectivity index is 2.61. The molecule has 0 spiro atoms. The number of aliphatic carboxylic acids is 1. The Morgan fingerprint density at radius 1 is 1.42 bits per heavy atom. The van der Waals surface area contributed by atoms with Crippen molar-refractivity contribution in [3.05, 3.63) is 0 Å². The Labute approximate surface area is 70.2 Å². The van der Waals surface area contributed by atoms with Gasteiger partial charge < -0.3 is 15.3 Å². The molecule has 70 valence electrons. The number of likely N-dealkylation sites (N-methyl/N-ethyl adjacent to an activating group) is 1. The van der Waals surface area contributed by atoms with Crippen molar-refractivity contribution in [2.45, 2.75) is 24.7 Å². The van der Waals surface area contributed by atoms with Gasteiger partial charge in [0.05, 0.1) is 12.2 Å². The van der Waals surface area contributed by atoms with E-state index < -0.39 is 24.2 Å². The molecule has 0 unspecified atom stereocenters. The molecule has 3 N–H and O–H groups in total. The molecule has 0 aromatic carbocycles. The lowest BCUT2D eigenvalue weighted by Gasteiger charge is -2.35. The highest BCUT2D eigenvalue weighted by molar-refractivity contribution is 5.73. The Morgan fingerprint density at radius 2 is 2.00 bits per heavy atom. The molecule has 1 saturated heterocycles. The van der Waals surface area contributed by atoms with Crippen LogP contribution in [0, 0.1) is 0 Å². The van der Waals surface area contributed by atoms with Crippen LogP contribution < -0.4 is 0 Å². The van der Waals surface area contributed by atoms with Gasteiger partial charge in [-0.25, -0.2) is 0 Å². The van der Waals surface area contributed by atoms with Crippen LogP contribution in [-0.4, -0.2) is 58.0 Å². The first kappa shape index (κ1) is 9.44. The molecule has 0 aromatic heterocycles. The molecule has 0 saturated carbocycles. The van der Waals surface area contributed by atoms with E-state index in [4.69, 9.17) is 10.2 Å². The van der Waals surface area contributed by atoms with E-state index >= 15 is 0 Å². The number of likely N-dealkylation sites (tertiary alicyclic amines) is 1. The third-order valence-electron chi connectivity index (χ3n) is 2.20. The summed E-state index contributed by atoms with van der Waals surface area (Å²) in [6.07, 6.45) is -1.65. The standard InChI is InChI=1S/C7H13NO4/c1-8-3-6(10)5(9)2-4(8)7(11)12/h4-6,9-10H,2-3H2,1H3,(H,11,12)/t4-,5+,6+/m1/s1. The second-order valence-electron chi connectivity index (χ2n) is 3.16. The maximum absolute atomic E-state index is 10.6. The van der Waals surface area contributed by atoms with E-state index in [1.807, 2.05) is 0 Å². The molecule has 0 amide bonds. The quantitative estimate of drug-likeness (QED) is 0.452. The minimum atomic E-state index is -0.955. The summed E-state index contributed by atoms with van der Waals surface area (Å²) in [5.74, 6) is -0.955. The van der Waals surface area contributed by atoms with Gasteiger partial charge in [-0.1, -0.05) is 0 Å². The summed E-state index contributed by atoms with van der Waals surface area (Å²) in [6.45, 7) is 0.206. The van der Waals surface area contributed by atoms with Crippen LogP contribution in [-0.2, 0) is 4.79 Å². The van der Waals surface area contributed by atoms with Crippen molar-refractivity contribution in [2.75, 3.05) is 13.6 Å². The largest absolute Gasteiger partial charge is 0.480 e. The van der Waals surface area contributed by atoms with E-state index in [1.54, 1.807) is 7.05 Å². The van der Waals surface area contributed by atoms with E-state index in [0.717, 1.165) is 0 Å². The molecule has 12 heavy (non-hydrogen) atoms. The molecule has 1 fully saturated rings. The van der Waals surface area contributed by atoms with Crippen molar-refractivity contribution in [3.63, 3.8) is 0 Å². The molecule has 0 radical (unpaired) electrons. The Bertz CT molecular complexity index is 184. The van der Waals surface area contributed by atoms with Gasteiger partial charge >= 0.3 is 5.97 Å². The van der Waals surface area contributed by atoms with Crippen LogP contribution in [0.4, 0.5) is 0 Å². The van der Waals surface area contributed by atoms with Crippen molar-refractivity contribution in [1.29, 1.82) is 0 Å². The van der Waals surface area contributed by atoms with E-state index in [-0.39, 0.29) is 13.0 Å². The highest BCUT2D eigenvalue weighted by atomic mass is 16.4. The lowest BCUT2D eigenvalue weighted by Crippen LogP contribution is -2.53. The Hall–Kier alpha value is -0.650. The number of piperidine rings is 1. The molecule has 0 aliphatic carbocycles. The van der Waals surface area contributed by atoms with Crippen molar-refractivity contribution < 1.29 is 20.1 Å². The topological polar surface area (TPSA) is 81.0 Å². The van der Waals surface area contributed by atoms with E-state index in [1.165, 1.54) is 4.90 Å². The fourth-order valence-electron chi connectivity index (χ4n) is 1.40. The van der Waals surface area contributed by atoms with E-state index in [2.05, 4.69) is 0 Å². The number of aliphatic hydroxyl groups is 2. The van der Waals surface area contributed by atoms with Gasteiger partial charge in [-0.2, -0.15) is 0 Å². The van der Waals surface area contributed by atoms with Gasteiger partial charge in [0.15, 0.2) is 0 Å². The number of nitrogens with zero attached hydrogens (tertiary/aromatic N) is 1. The lowest BCUT2D eigenvalue weighted by molar-refractivity contribution is -0.149. The van der Waals surface area contributed by atoms with Crippen molar-refractivity contribution in [2.24, 2.45) is 0 Å². The van der Waals surface area contributed by atoms with Gasteiger partial charge in [-0.3, -0.25) is 9.69 Å². The zero-order valence-electron chi connectivity index (χ0n) is 6.84. The number of hydrogen-bond acceptors (Lipinski definition) is 4. The average Bonchev–Trinajstić information content (AvgIpc) is 1.96. The summed E-state index contributed by atoms with van der Waals surface area (Å²) in [6, 6.07) is -0.677. The number of carbonyl (C=O) groups is 1. The predicted molar refractivity (Wildman–Crippen MR) is 40.7 cm³/mol. The van der Waals surface area contributed by atoms with Crippen LogP contribution in [0.5, 0.6) is 0 Å². The second kappa shape index (κ2) is 3.38. The SMILES string of the molecule is CN1C[C@H](O)[C@@H](O)C[C@@H]1C(=O)O. The van der Waals surface area contributed by atoms with Gasteiger partial charge in [0.25, 0.3) is 0 Å². The molecule has 1 heterocycles. The third-order valence-corrected chi connectivity index (χ3v) is 2.20. The normalized spacial score (nSPS) is 38.1. The molecule has 3 atom stereocenters. The fourth-order valence-corrected chi connectivity index (χ4v) is 1.40. The maximum Gasteiger partial charge on any atom is 0.321 e. The molecule has 5 nitrogen and oxygen atoms in total. The minimum absolute atomic E-state index is 0.0903. The van der Waals surface area contributed by atoms with Crippen LogP contribution in [0.25, 0.3) is 0 Å². The summed E-state index contributed by atoms with van der Waals surface area (Å²) in [4.78, 5) is 12.1. The summed E-state index contributed by atoms with van der Waals surface area (Å²) in [5.41, 5.74) is 0. The van der Waals surface area contributed by atoms with Crippen molar-refractivity contribution in [1.82, 2.24) is 4.90 Å². The number of carboxylic acids is 1. The van der Waals surface area contributed by atoms with Crippen LogP contribution in [0.3, 0.4) is 0 Å². The van der Waals surface area contributed by atoms with Gasteiger partial charge in [0.1, 0.15) is 6.04 Å². The van der Waals surface area contributed by atoms with Crippen LogP contribution >= 0.6 is 0 Å². The highest BCUT2D eigenvalue weighted by Crippen LogP contribution is 2.16. The smallest absolute Gasteiger partial charge is 0.321 e. The Kier molecular flexibility index (Phi) is 2.66. The number of hydrogen-bond donors (Lipinski definition) is 3. The third kappa shape index (κ3) is 1.74. The second-order valence-corrected chi connectivity index (χ2v) is 3.16. The number of rotatable bonds is 1. The summed E-state index contributed by atoms with van der Waals surface area (Å²) in [5, 5.41) is 27.0. The van der Waals surface area contributed by atoms with Crippen molar-refractivity contribution >= 4 is 5.97 Å². The molecular formula is C7H13NO4. The molecule has 1 aliphatic heterocycles. The minimum Gasteiger partial charge on any atom is -0.480 e. The first-order valence-corrected chi connectivity index (χ1v) is 3.81. The lowest BCUT2D eigenvalue weighted by atomic mass is 9.98. The van der Waals surface area contributed by atoms with Gasteiger partial charge in [-0.05, 0) is 7.05 Å². The van der Waals surface area contributed by atoms with Gasteiger partial charge in [0.2, 0.25) is 0 Å². The van der Waals surface area contributed by atoms with Gasteiger partial charge in [-0.15, -0.1) is 0 Å². The molecule has 1 aliphatic rings. The van der Waals surface area contributed by atoms with Crippen LogP contribution in [0.1, 0.15) is 6.42 Å². The molecule has 1 rings (SSSR count). The monoisotopic (exact) mass is 175 g/mol.